The van der Waals surface area contributed by atoms with Crippen molar-refractivity contribution < 1.29 is 23.1 Å². The topological polar surface area (TPSA) is 67.8 Å². The molecule has 0 saturated carbocycles. The maximum absolute atomic E-state index is 13.8. The number of Topliss-reactive ketones (excluding diaryl/α,β-unsaturated/α-hetero) is 1. The van der Waals surface area contributed by atoms with Crippen molar-refractivity contribution in [2.45, 2.75) is 19.9 Å². The summed E-state index contributed by atoms with van der Waals surface area (Å²) >= 11 is 1.09. The Morgan fingerprint density at radius 3 is 2.57 bits per heavy atom. The lowest BCUT2D eigenvalue weighted by Gasteiger charge is -2.25. The molecule has 0 fully saturated rings. The molecule has 1 N–H and O–H groups in total. The van der Waals surface area contributed by atoms with E-state index >= 15 is 0 Å². The van der Waals surface area contributed by atoms with Crippen LogP contribution in [0.2, 0.25) is 0 Å². The molecule has 0 bridgehead atoms. The summed E-state index contributed by atoms with van der Waals surface area (Å²) in [5.41, 5.74) is 1.58. The van der Waals surface area contributed by atoms with E-state index in [-0.39, 0.29) is 17.9 Å². The molecular weight excluding hydrogens is 410 g/mol. The minimum absolute atomic E-state index is 0.0993. The van der Waals surface area contributed by atoms with Crippen molar-refractivity contribution in [1.29, 1.82) is 0 Å². The first-order valence-corrected chi connectivity index (χ1v) is 10.3. The molecule has 1 heterocycles. The minimum Gasteiger partial charge on any atom is -0.463 e. The first-order valence-electron chi connectivity index (χ1n) is 9.29. The minimum atomic E-state index is -0.901. The highest BCUT2D eigenvalue weighted by molar-refractivity contribution is 8.14. The van der Waals surface area contributed by atoms with Gasteiger partial charge in [0, 0.05) is 11.8 Å². The highest BCUT2D eigenvalue weighted by Crippen LogP contribution is 2.33. The highest BCUT2D eigenvalue weighted by atomic mass is 32.2. The van der Waals surface area contributed by atoms with Crippen molar-refractivity contribution in [2.24, 2.45) is 4.99 Å². The van der Waals surface area contributed by atoms with Gasteiger partial charge in [-0.05, 0) is 31.5 Å². The van der Waals surface area contributed by atoms with Crippen LogP contribution in [-0.2, 0) is 9.53 Å². The zero-order valence-corrected chi connectivity index (χ0v) is 17.3. The number of nitrogens with zero attached hydrogens (tertiary/aromatic N) is 1. The largest absolute Gasteiger partial charge is 0.463 e. The Hall–Kier alpha value is -3.00. The summed E-state index contributed by atoms with van der Waals surface area (Å²) in [7, 11) is 0. The molecule has 0 saturated heterocycles. The van der Waals surface area contributed by atoms with Gasteiger partial charge in [-0.2, -0.15) is 0 Å². The van der Waals surface area contributed by atoms with Gasteiger partial charge in [0.25, 0.3) is 0 Å². The fourth-order valence-electron chi connectivity index (χ4n) is 3.00. The van der Waals surface area contributed by atoms with Crippen LogP contribution in [-0.4, -0.2) is 29.3 Å². The Balaban J connectivity index is 1.82. The molecule has 1 atom stereocenters. The first-order chi connectivity index (χ1) is 14.4. The molecule has 2 aromatic rings. The predicted octanol–water partition coefficient (Wildman–Crippen LogP) is 4.42. The van der Waals surface area contributed by atoms with Gasteiger partial charge in [-0.3, -0.25) is 4.79 Å². The van der Waals surface area contributed by atoms with Crippen LogP contribution in [0.1, 0.15) is 35.8 Å². The molecule has 1 aliphatic rings. The van der Waals surface area contributed by atoms with Crippen molar-refractivity contribution >= 4 is 28.7 Å². The number of esters is 1. The molecule has 2 aromatic carbocycles. The maximum atomic E-state index is 13.8. The summed E-state index contributed by atoms with van der Waals surface area (Å²) in [4.78, 5) is 29.4. The van der Waals surface area contributed by atoms with Crippen LogP contribution >= 0.6 is 11.8 Å². The van der Waals surface area contributed by atoms with Gasteiger partial charge >= 0.3 is 5.97 Å². The number of rotatable bonds is 6. The third-order valence-corrected chi connectivity index (χ3v) is 5.29. The average Bonchev–Trinajstić information content (AvgIpc) is 2.72. The predicted molar refractivity (Wildman–Crippen MR) is 112 cm³/mol. The van der Waals surface area contributed by atoms with Crippen molar-refractivity contribution in [3.05, 3.63) is 82.6 Å². The molecule has 3 rings (SSSR count). The number of ketones is 1. The van der Waals surface area contributed by atoms with E-state index in [9.17, 15) is 18.4 Å². The molecule has 0 spiro atoms. The number of aliphatic imine (C=N–C) groups is 1. The molecule has 156 valence electrons. The van der Waals surface area contributed by atoms with Crippen LogP contribution < -0.4 is 5.32 Å². The number of hydrogen-bond acceptors (Lipinski definition) is 6. The summed E-state index contributed by atoms with van der Waals surface area (Å²) < 4.78 is 32.1. The number of amidine groups is 1. The van der Waals surface area contributed by atoms with Gasteiger partial charge in [0.1, 0.15) is 17.7 Å². The van der Waals surface area contributed by atoms with Gasteiger partial charge in [0.05, 0.1) is 23.5 Å². The molecule has 30 heavy (non-hydrogen) atoms. The lowest BCUT2D eigenvalue weighted by Crippen LogP contribution is -2.31. The summed E-state index contributed by atoms with van der Waals surface area (Å²) in [6.07, 6.45) is 0. The first kappa shape index (κ1) is 21.7. The van der Waals surface area contributed by atoms with E-state index in [0.717, 1.165) is 29.5 Å². The second-order valence-corrected chi connectivity index (χ2v) is 7.43. The molecule has 0 amide bonds. The number of ether oxygens (including phenoxy) is 1. The Labute approximate surface area is 177 Å². The van der Waals surface area contributed by atoms with E-state index in [1.54, 1.807) is 13.8 Å². The second kappa shape index (κ2) is 9.67. The number of halogens is 2. The fraction of sp³-hybridized carbons (Fsp3) is 0.227. The number of thioether (sulfide) groups is 1. The van der Waals surface area contributed by atoms with Crippen LogP contribution in [0.4, 0.5) is 8.78 Å². The number of benzene rings is 2. The summed E-state index contributed by atoms with van der Waals surface area (Å²) in [6.45, 7) is 3.70. The van der Waals surface area contributed by atoms with Crippen LogP contribution in [0.15, 0.2) is 64.8 Å². The van der Waals surface area contributed by atoms with E-state index in [0.29, 0.717) is 22.5 Å². The van der Waals surface area contributed by atoms with Crippen LogP contribution in [0, 0.1) is 11.6 Å². The Morgan fingerprint density at radius 2 is 1.90 bits per heavy atom. The highest BCUT2D eigenvalue weighted by Gasteiger charge is 2.30. The van der Waals surface area contributed by atoms with E-state index in [1.165, 1.54) is 0 Å². The average molecular weight is 430 g/mol. The lowest BCUT2D eigenvalue weighted by atomic mass is 9.97. The molecule has 8 heteroatoms. The quantitative estimate of drug-likeness (QED) is 0.543. The van der Waals surface area contributed by atoms with E-state index in [4.69, 9.17) is 4.74 Å². The zero-order chi connectivity index (χ0) is 21.7. The van der Waals surface area contributed by atoms with Gasteiger partial charge in [-0.25, -0.2) is 18.6 Å². The number of carbonyl (C=O) groups is 2. The molecule has 1 aliphatic heterocycles. The summed E-state index contributed by atoms with van der Waals surface area (Å²) in [5, 5.41) is 3.44. The number of nitrogens with one attached hydrogen (secondary N) is 1. The van der Waals surface area contributed by atoms with Gasteiger partial charge < -0.3 is 10.1 Å². The summed E-state index contributed by atoms with van der Waals surface area (Å²) in [6, 6.07) is 11.5. The van der Waals surface area contributed by atoms with Crippen molar-refractivity contribution in [1.82, 2.24) is 5.32 Å². The van der Waals surface area contributed by atoms with Gasteiger partial charge in [0.15, 0.2) is 11.0 Å². The van der Waals surface area contributed by atoms with Crippen LogP contribution in [0.25, 0.3) is 0 Å². The molecule has 0 aliphatic carbocycles. The van der Waals surface area contributed by atoms with Crippen LogP contribution in [0.3, 0.4) is 0 Å². The summed E-state index contributed by atoms with van der Waals surface area (Å²) in [5.74, 6) is -2.70. The van der Waals surface area contributed by atoms with Crippen LogP contribution in [0.5, 0.6) is 0 Å². The Morgan fingerprint density at radius 1 is 1.17 bits per heavy atom. The Bertz CT molecular complexity index is 1020. The van der Waals surface area contributed by atoms with E-state index in [1.807, 2.05) is 30.3 Å². The molecule has 5 nitrogen and oxygen atoms in total. The Kier molecular flexibility index (Phi) is 6.99. The number of carbonyl (C=O) groups excluding carboxylic acids is 2. The molecule has 0 aromatic heterocycles. The maximum Gasteiger partial charge on any atom is 0.338 e. The van der Waals surface area contributed by atoms with Gasteiger partial charge in [-0.15, -0.1) is 0 Å². The van der Waals surface area contributed by atoms with E-state index in [2.05, 4.69) is 10.3 Å². The standard InChI is InChI=1S/C22H20F2N2O3S/c1-3-29-21(28)19-13(2)25-22(26-20(19)14-7-5-4-6-8-14)30-12-18(27)16-10-9-15(23)11-17(16)24/h4-11,20H,3,12H2,1-2H3,(H,25,26)/t20-/m1/s1. The van der Waals surface area contributed by atoms with Gasteiger partial charge in [-0.1, -0.05) is 42.1 Å². The molecule has 0 unspecified atom stereocenters. The molecular formula is C22H20F2N2O3S. The van der Waals surface area contributed by atoms with Crippen molar-refractivity contribution in [2.75, 3.05) is 12.4 Å². The van der Waals surface area contributed by atoms with Crippen molar-refractivity contribution in [3.63, 3.8) is 0 Å². The zero-order valence-electron chi connectivity index (χ0n) is 16.4. The smallest absolute Gasteiger partial charge is 0.338 e. The van der Waals surface area contributed by atoms with Crippen molar-refractivity contribution in [3.8, 4) is 0 Å². The molecule has 0 radical (unpaired) electrons. The normalized spacial score (nSPS) is 16.0. The monoisotopic (exact) mass is 430 g/mol. The SMILES string of the molecule is CCOC(=O)C1=C(C)NC(SCC(=O)c2ccc(F)cc2F)=N[C@@H]1c1ccccc1. The second-order valence-electron chi connectivity index (χ2n) is 6.47. The third-order valence-electron chi connectivity index (χ3n) is 4.40. The lowest BCUT2D eigenvalue weighted by molar-refractivity contribution is -0.138. The van der Waals surface area contributed by atoms with E-state index < -0.39 is 29.4 Å². The third kappa shape index (κ3) is 4.94. The number of allylic oxidation sites excluding steroid dienone is 1. The number of hydrogen-bond donors (Lipinski definition) is 1. The fourth-order valence-corrected chi connectivity index (χ4v) is 3.83. The van der Waals surface area contributed by atoms with Gasteiger partial charge in [0.2, 0.25) is 0 Å².